The van der Waals surface area contributed by atoms with Crippen LogP contribution in [-0.2, 0) is 5.41 Å². The van der Waals surface area contributed by atoms with Crippen LogP contribution in [0.25, 0.3) is 11.1 Å². The van der Waals surface area contributed by atoms with E-state index in [0.717, 1.165) is 43.5 Å². The van der Waals surface area contributed by atoms with E-state index >= 15 is 0 Å². The Labute approximate surface area is 216 Å². The Balaban J connectivity index is 1.13. The fraction of sp³-hybridized carbons (Fsp3) is 0.586. The number of rotatable bonds is 5. The first-order valence-corrected chi connectivity index (χ1v) is 13.7. The van der Waals surface area contributed by atoms with E-state index in [1.807, 2.05) is 0 Å². The number of nitrogens with one attached hydrogen (secondary N) is 1. The topological polar surface area (TPSA) is 91.5 Å². The molecule has 1 aliphatic heterocycles. The maximum atomic E-state index is 13.6. The number of pyridine rings is 1. The molecule has 4 fully saturated rings. The van der Waals surface area contributed by atoms with Crippen LogP contribution in [0.1, 0.15) is 73.7 Å². The number of piperidine rings is 1. The van der Waals surface area contributed by atoms with Crippen LogP contribution in [0.2, 0.25) is 0 Å². The number of benzene rings is 1. The van der Waals surface area contributed by atoms with E-state index in [9.17, 15) is 18.7 Å². The van der Waals surface area contributed by atoms with Gasteiger partial charge in [0.1, 0.15) is 5.82 Å². The molecule has 4 N–H and O–H groups in total. The minimum atomic E-state index is -2.48. The largest absolute Gasteiger partial charge is 0.393 e. The van der Waals surface area contributed by atoms with Crippen LogP contribution in [0, 0.1) is 5.92 Å². The van der Waals surface area contributed by atoms with Gasteiger partial charge in [-0.1, -0.05) is 24.3 Å². The van der Waals surface area contributed by atoms with Gasteiger partial charge in [0.2, 0.25) is 5.92 Å². The van der Waals surface area contributed by atoms with Gasteiger partial charge in [0.15, 0.2) is 0 Å². The molecule has 2 atom stereocenters. The van der Waals surface area contributed by atoms with Crippen molar-refractivity contribution in [1.82, 2.24) is 15.2 Å². The SMILES string of the molecule is Nc1ncc(-c2ccc([C@]34C[C@H]3CN(C3CCC(F)(F)CC3)C4)cc2)cc1C(=O)NC1CCC(O)CC1. The zero-order valence-corrected chi connectivity index (χ0v) is 21.1. The molecule has 37 heavy (non-hydrogen) atoms. The molecule has 0 bridgehead atoms. The summed E-state index contributed by atoms with van der Waals surface area (Å²) >= 11 is 0. The molecule has 8 heteroatoms. The third-order valence-corrected chi connectivity index (χ3v) is 9.36. The van der Waals surface area contributed by atoms with Crippen molar-refractivity contribution >= 4 is 11.7 Å². The van der Waals surface area contributed by atoms with Gasteiger partial charge in [0.25, 0.3) is 5.91 Å². The number of nitrogens with zero attached hydrogens (tertiary/aromatic N) is 2. The van der Waals surface area contributed by atoms with Crippen molar-refractivity contribution in [1.29, 1.82) is 0 Å². The van der Waals surface area contributed by atoms with Gasteiger partial charge in [-0.2, -0.15) is 0 Å². The first kappa shape index (κ1) is 24.7. The van der Waals surface area contributed by atoms with Crippen LogP contribution >= 0.6 is 0 Å². The molecule has 0 unspecified atom stereocenters. The van der Waals surface area contributed by atoms with Gasteiger partial charge in [-0.3, -0.25) is 9.69 Å². The van der Waals surface area contributed by atoms with Crippen molar-refractivity contribution in [2.24, 2.45) is 5.92 Å². The van der Waals surface area contributed by atoms with Crippen LogP contribution in [0.3, 0.4) is 0 Å². The van der Waals surface area contributed by atoms with E-state index in [0.29, 0.717) is 37.2 Å². The molecule has 3 saturated carbocycles. The number of alkyl halides is 2. The van der Waals surface area contributed by atoms with Crippen LogP contribution in [-0.4, -0.2) is 58.1 Å². The Morgan fingerprint density at radius 1 is 1.05 bits per heavy atom. The molecule has 198 valence electrons. The van der Waals surface area contributed by atoms with Crippen LogP contribution in [0.5, 0.6) is 0 Å². The van der Waals surface area contributed by atoms with Crippen molar-refractivity contribution in [2.45, 2.75) is 87.3 Å². The standard InChI is InChI=1S/C29H36F2N4O2/c30-29(31)11-9-23(10-12-29)35-16-21-14-28(21,17-35)20-3-1-18(2-4-20)19-13-25(26(32)33-15-19)27(37)34-22-5-7-24(36)8-6-22/h1-4,13,15,21-24,36H,5-12,14,16-17H2,(H2,32,33)(H,34,37)/t21-,22?,24?,28+/m0/s1. The molecule has 1 aromatic carbocycles. The van der Waals surface area contributed by atoms with E-state index < -0.39 is 5.92 Å². The summed E-state index contributed by atoms with van der Waals surface area (Å²) in [5.74, 6) is -1.89. The molecule has 6 nitrogen and oxygen atoms in total. The molecular formula is C29H36F2N4O2. The Hall–Kier alpha value is -2.58. The second-order valence-electron chi connectivity index (χ2n) is 11.8. The summed E-state index contributed by atoms with van der Waals surface area (Å²) < 4.78 is 27.2. The molecule has 1 aromatic heterocycles. The number of aliphatic hydroxyl groups is 1. The summed E-state index contributed by atoms with van der Waals surface area (Å²) in [6, 6.07) is 10.7. The van der Waals surface area contributed by atoms with E-state index in [1.54, 1.807) is 12.3 Å². The summed E-state index contributed by atoms with van der Waals surface area (Å²) in [5, 5.41) is 12.8. The average Bonchev–Trinajstić information content (AvgIpc) is 3.46. The van der Waals surface area contributed by atoms with Crippen molar-refractivity contribution in [3.8, 4) is 11.1 Å². The third-order valence-electron chi connectivity index (χ3n) is 9.36. The van der Waals surface area contributed by atoms with Crippen LogP contribution in [0.15, 0.2) is 36.5 Å². The van der Waals surface area contributed by atoms with Gasteiger partial charge in [0.05, 0.1) is 11.7 Å². The molecule has 6 rings (SSSR count). The number of hydrogen-bond donors (Lipinski definition) is 3. The zero-order chi connectivity index (χ0) is 25.8. The van der Waals surface area contributed by atoms with Gasteiger partial charge in [0, 0.05) is 55.2 Å². The highest BCUT2D eigenvalue weighted by atomic mass is 19.3. The quantitative estimate of drug-likeness (QED) is 0.550. The minimum Gasteiger partial charge on any atom is -0.393 e. The highest BCUT2D eigenvalue weighted by Gasteiger charge is 2.61. The summed E-state index contributed by atoms with van der Waals surface area (Å²) in [6.45, 7) is 1.97. The molecule has 2 aromatic rings. The smallest absolute Gasteiger partial charge is 0.255 e. The van der Waals surface area contributed by atoms with Gasteiger partial charge < -0.3 is 16.2 Å². The number of aromatic nitrogens is 1. The van der Waals surface area contributed by atoms with E-state index in [4.69, 9.17) is 5.73 Å². The highest BCUT2D eigenvalue weighted by Crippen LogP contribution is 2.60. The number of nitrogen functional groups attached to an aromatic ring is 1. The number of aliphatic hydroxyl groups excluding tert-OH is 1. The fourth-order valence-corrected chi connectivity index (χ4v) is 6.93. The lowest BCUT2D eigenvalue weighted by atomic mass is 9.90. The van der Waals surface area contributed by atoms with Crippen molar-refractivity contribution in [2.75, 3.05) is 18.8 Å². The van der Waals surface area contributed by atoms with E-state index in [1.165, 1.54) is 5.56 Å². The first-order chi connectivity index (χ1) is 17.7. The first-order valence-electron chi connectivity index (χ1n) is 13.7. The van der Waals surface area contributed by atoms with Gasteiger partial charge in [-0.05, 0) is 68.1 Å². The zero-order valence-electron chi connectivity index (χ0n) is 21.1. The van der Waals surface area contributed by atoms with Gasteiger partial charge in [-0.15, -0.1) is 0 Å². The maximum absolute atomic E-state index is 13.6. The maximum Gasteiger partial charge on any atom is 0.255 e. The number of anilines is 1. The van der Waals surface area contributed by atoms with Gasteiger partial charge in [-0.25, -0.2) is 13.8 Å². The predicted molar refractivity (Wildman–Crippen MR) is 138 cm³/mol. The van der Waals surface area contributed by atoms with E-state index in [2.05, 4.69) is 39.5 Å². The summed E-state index contributed by atoms with van der Waals surface area (Å²) in [6.07, 6.45) is 6.72. The molecule has 1 saturated heterocycles. The molecule has 3 aliphatic carbocycles. The average molecular weight is 511 g/mol. The normalized spacial score (nSPS) is 31.6. The summed E-state index contributed by atoms with van der Waals surface area (Å²) in [7, 11) is 0. The van der Waals surface area contributed by atoms with E-state index in [-0.39, 0.29) is 48.2 Å². The lowest BCUT2D eigenvalue weighted by molar-refractivity contribution is -0.0526. The number of likely N-dealkylation sites (tertiary alicyclic amines) is 1. The summed E-state index contributed by atoms with van der Waals surface area (Å²) in [5.41, 5.74) is 9.70. The number of amides is 1. The van der Waals surface area contributed by atoms with Crippen molar-refractivity contribution < 1.29 is 18.7 Å². The highest BCUT2D eigenvalue weighted by molar-refractivity contribution is 5.99. The van der Waals surface area contributed by atoms with Crippen molar-refractivity contribution in [3.05, 3.63) is 47.7 Å². The number of halogens is 2. The second-order valence-corrected chi connectivity index (χ2v) is 11.8. The Morgan fingerprint density at radius 3 is 2.46 bits per heavy atom. The molecular weight excluding hydrogens is 474 g/mol. The Bertz CT molecular complexity index is 1150. The number of hydrogen-bond acceptors (Lipinski definition) is 5. The monoisotopic (exact) mass is 510 g/mol. The predicted octanol–water partition coefficient (Wildman–Crippen LogP) is 4.52. The number of carbonyl (C=O) groups excluding carboxylic acids is 1. The number of fused-ring (bicyclic) bond motifs is 1. The second kappa shape index (κ2) is 9.31. The summed E-state index contributed by atoms with van der Waals surface area (Å²) in [4.78, 5) is 19.7. The Kier molecular flexibility index (Phi) is 6.23. The van der Waals surface area contributed by atoms with Crippen LogP contribution in [0.4, 0.5) is 14.6 Å². The van der Waals surface area contributed by atoms with Crippen molar-refractivity contribution in [3.63, 3.8) is 0 Å². The molecule has 4 aliphatic rings. The number of nitrogens with two attached hydrogens (primary N) is 1. The Morgan fingerprint density at radius 2 is 1.76 bits per heavy atom. The number of carbonyl (C=O) groups is 1. The minimum absolute atomic E-state index is 0.0138. The lowest BCUT2D eigenvalue weighted by Crippen LogP contribution is -2.41. The lowest BCUT2D eigenvalue weighted by Gasteiger charge is -2.36. The van der Waals surface area contributed by atoms with Crippen LogP contribution < -0.4 is 11.1 Å². The molecule has 0 spiro atoms. The molecule has 1 amide bonds. The third kappa shape index (κ3) is 4.86. The van der Waals surface area contributed by atoms with Gasteiger partial charge >= 0.3 is 0 Å². The molecule has 0 radical (unpaired) electrons. The fourth-order valence-electron chi connectivity index (χ4n) is 6.93. The molecule has 2 heterocycles.